The van der Waals surface area contributed by atoms with Gasteiger partial charge in [-0.3, -0.25) is 14.5 Å². The van der Waals surface area contributed by atoms with Crippen LogP contribution in [-0.2, 0) is 38.4 Å². The number of aromatic nitrogens is 1. The normalized spacial score (nSPS) is 16.3. The van der Waals surface area contributed by atoms with E-state index < -0.39 is 35.4 Å². The zero-order chi connectivity index (χ0) is 24.5. The summed E-state index contributed by atoms with van der Waals surface area (Å²) in [6.07, 6.45) is 0.0100. The Balaban J connectivity index is 1.66. The number of esters is 1. The molecule has 1 aliphatic rings. The molecule has 0 spiro atoms. The molecule has 0 fully saturated rings. The van der Waals surface area contributed by atoms with E-state index in [2.05, 4.69) is 10.3 Å². The van der Waals surface area contributed by atoms with Gasteiger partial charge in [0, 0.05) is 7.05 Å². The first-order valence-electron chi connectivity index (χ1n) is 10.9. The maximum Gasteiger partial charge on any atom is 0.410 e. The average molecular weight is 464 g/mol. The first kappa shape index (κ1) is 24.5. The molecule has 1 aromatic carbocycles. The lowest BCUT2D eigenvalue weighted by Crippen LogP contribution is -2.47. The molecule has 10 heteroatoms. The van der Waals surface area contributed by atoms with Crippen LogP contribution in [0.3, 0.4) is 0 Å². The van der Waals surface area contributed by atoms with Crippen molar-refractivity contribution < 1.29 is 32.7 Å². The smallest absolute Gasteiger partial charge is 0.410 e. The fraction of sp³-hybridized carbons (Fsp3) is 0.565. The van der Waals surface area contributed by atoms with Crippen LogP contribution < -0.4 is 5.32 Å². The molecule has 2 atom stereocenters. The van der Waals surface area contributed by atoms with Crippen LogP contribution in [0.15, 0.2) is 10.5 Å². The van der Waals surface area contributed by atoms with Gasteiger partial charge < -0.3 is 19.2 Å². The van der Waals surface area contributed by atoms with Crippen molar-refractivity contribution in [2.24, 2.45) is 5.92 Å². The maximum absolute atomic E-state index is 15.0. The van der Waals surface area contributed by atoms with Crippen LogP contribution in [0.25, 0.3) is 11.1 Å². The van der Waals surface area contributed by atoms with Crippen LogP contribution in [0.2, 0.25) is 0 Å². The number of ether oxygens (including phenoxy) is 2. The van der Waals surface area contributed by atoms with Crippen molar-refractivity contribution in [2.75, 3.05) is 13.7 Å². The topological polar surface area (TPSA) is 111 Å². The Bertz CT molecular complexity index is 1070. The van der Waals surface area contributed by atoms with Crippen molar-refractivity contribution in [3.8, 4) is 0 Å². The van der Waals surface area contributed by atoms with Gasteiger partial charge in [-0.25, -0.2) is 14.2 Å². The molecule has 33 heavy (non-hydrogen) atoms. The van der Waals surface area contributed by atoms with E-state index in [1.807, 2.05) is 0 Å². The molecule has 0 saturated heterocycles. The number of carbonyl (C=O) groups is 3. The number of amides is 2. The summed E-state index contributed by atoms with van der Waals surface area (Å²) in [6.45, 7) is 8.72. The Morgan fingerprint density at radius 1 is 1.33 bits per heavy atom. The number of halogens is 1. The molecule has 1 aliphatic carbocycles. The van der Waals surface area contributed by atoms with Crippen LogP contribution in [0.4, 0.5) is 9.18 Å². The Morgan fingerprint density at radius 2 is 2.03 bits per heavy atom. The molecule has 2 amide bonds. The molecule has 2 aromatic rings. The quantitative estimate of drug-likeness (QED) is 0.655. The highest BCUT2D eigenvalue weighted by atomic mass is 19.1. The predicted molar refractivity (Wildman–Crippen MR) is 117 cm³/mol. The number of fused-ring (bicyclic) bond motifs is 2. The van der Waals surface area contributed by atoms with Crippen LogP contribution in [0, 0.1) is 11.7 Å². The number of hydrogen-bond acceptors (Lipinski definition) is 7. The Hall–Kier alpha value is -3.17. The number of carbonyl (C=O) groups excluding carboxylic acids is 3. The summed E-state index contributed by atoms with van der Waals surface area (Å²) < 4.78 is 30.9. The van der Waals surface area contributed by atoms with E-state index in [0.717, 1.165) is 0 Å². The number of likely N-dealkylation sites (N-methyl/N-ethyl adjacent to an activating group) is 1. The predicted octanol–water partition coefficient (Wildman–Crippen LogP) is 3.12. The first-order valence-corrected chi connectivity index (χ1v) is 10.9. The lowest BCUT2D eigenvalue weighted by Gasteiger charge is -2.27. The molecule has 1 N–H and O–H groups in total. The van der Waals surface area contributed by atoms with Gasteiger partial charge in [-0.2, -0.15) is 0 Å². The lowest BCUT2D eigenvalue weighted by molar-refractivity contribution is -0.147. The van der Waals surface area contributed by atoms with E-state index in [1.165, 1.54) is 11.9 Å². The first-order chi connectivity index (χ1) is 15.4. The summed E-state index contributed by atoms with van der Waals surface area (Å²) in [5, 5.41) is 2.64. The van der Waals surface area contributed by atoms with Gasteiger partial charge in [0.25, 0.3) is 0 Å². The van der Waals surface area contributed by atoms with Crippen molar-refractivity contribution in [1.29, 1.82) is 0 Å². The minimum atomic E-state index is -0.801. The van der Waals surface area contributed by atoms with Crippen molar-refractivity contribution in [3.05, 3.63) is 28.9 Å². The van der Waals surface area contributed by atoms with Crippen LogP contribution >= 0.6 is 0 Å². The highest BCUT2D eigenvalue weighted by Crippen LogP contribution is 2.34. The van der Waals surface area contributed by atoms with E-state index in [9.17, 15) is 14.4 Å². The maximum atomic E-state index is 15.0. The number of nitrogens with zero attached hydrogens (tertiary/aromatic N) is 2. The van der Waals surface area contributed by atoms with E-state index in [-0.39, 0.29) is 37.0 Å². The van der Waals surface area contributed by atoms with Crippen molar-refractivity contribution in [3.63, 3.8) is 0 Å². The standard InChI is InChI=1S/C23H30FN3O6/c1-7-31-21(29)14-8-13-10-16-19(18(24)15(13)9-14)32-17(26-16)11-25-20(28)12(2)27(6)22(30)33-23(3,4)5/h10,12,14H,7-9,11H2,1-6H3,(H,25,28)/t12-,14?/m1/s1. The molecule has 3 rings (SSSR count). The van der Waals surface area contributed by atoms with Crippen molar-refractivity contribution >= 4 is 29.1 Å². The second-order valence-electron chi connectivity index (χ2n) is 9.13. The summed E-state index contributed by atoms with van der Waals surface area (Å²) in [5.74, 6) is -1.60. The zero-order valence-electron chi connectivity index (χ0n) is 19.8. The highest BCUT2D eigenvalue weighted by Gasteiger charge is 2.33. The number of nitrogens with one attached hydrogen (secondary N) is 1. The Morgan fingerprint density at radius 3 is 2.67 bits per heavy atom. The molecular formula is C23H30FN3O6. The van der Waals surface area contributed by atoms with E-state index in [4.69, 9.17) is 13.9 Å². The minimum absolute atomic E-state index is 0.0126. The van der Waals surface area contributed by atoms with Crippen LogP contribution in [0.1, 0.15) is 51.6 Å². The van der Waals surface area contributed by atoms with Gasteiger partial charge in [-0.15, -0.1) is 0 Å². The van der Waals surface area contributed by atoms with Crippen LogP contribution in [0.5, 0.6) is 0 Å². The molecule has 0 saturated carbocycles. The lowest BCUT2D eigenvalue weighted by atomic mass is 10.1. The van der Waals surface area contributed by atoms with E-state index >= 15 is 4.39 Å². The average Bonchev–Trinajstić information content (AvgIpc) is 3.34. The van der Waals surface area contributed by atoms with E-state index in [0.29, 0.717) is 23.1 Å². The largest absolute Gasteiger partial charge is 0.466 e. The van der Waals surface area contributed by atoms with Gasteiger partial charge in [0.05, 0.1) is 19.1 Å². The zero-order valence-corrected chi connectivity index (χ0v) is 19.8. The minimum Gasteiger partial charge on any atom is -0.466 e. The fourth-order valence-corrected chi connectivity index (χ4v) is 3.63. The fourth-order valence-electron chi connectivity index (χ4n) is 3.63. The number of benzene rings is 1. The molecule has 0 radical (unpaired) electrons. The molecule has 180 valence electrons. The third kappa shape index (κ3) is 5.43. The molecular weight excluding hydrogens is 433 g/mol. The molecule has 1 unspecified atom stereocenters. The SMILES string of the molecule is CCOC(=O)C1Cc2cc3nc(CNC(=O)[C@@H](C)N(C)C(=O)OC(C)(C)C)oc3c(F)c2C1. The van der Waals surface area contributed by atoms with Crippen molar-refractivity contribution in [1.82, 2.24) is 15.2 Å². The summed E-state index contributed by atoms with van der Waals surface area (Å²) in [5.41, 5.74) is 0.759. The monoisotopic (exact) mass is 463 g/mol. The molecule has 0 bridgehead atoms. The third-order valence-corrected chi connectivity index (χ3v) is 5.45. The summed E-state index contributed by atoms with van der Waals surface area (Å²) >= 11 is 0. The summed E-state index contributed by atoms with van der Waals surface area (Å²) in [6, 6.07) is 0.908. The summed E-state index contributed by atoms with van der Waals surface area (Å²) in [4.78, 5) is 42.1. The van der Waals surface area contributed by atoms with Gasteiger partial charge in [0.1, 0.15) is 17.2 Å². The Labute approximate surface area is 191 Å². The molecule has 1 aromatic heterocycles. The van der Waals surface area contributed by atoms with E-state index in [1.54, 1.807) is 40.7 Å². The number of oxazole rings is 1. The van der Waals surface area contributed by atoms with Crippen molar-refractivity contribution in [2.45, 2.75) is 65.6 Å². The van der Waals surface area contributed by atoms with Gasteiger partial charge in [-0.1, -0.05) is 0 Å². The van der Waals surface area contributed by atoms with Gasteiger partial charge in [0.2, 0.25) is 11.8 Å². The van der Waals surface area contributed by atoms with Gasteiger partial charge in [0.15, 0.2) is 11.4 Å². The second-order valence-corrected chi connectivity index (χ2v) is 9.13. The Kier molecular flexibility index (Phi) is 6.94. The van der Waals surface area contributed by atoms with Gasteiger partial charge >= 0.3 is 12.1 Å². The number of rotatable bonds is 6. The number of hydrogen-bond donors (Lipinski definition) is 1. The summed E-state index contributed by atoms with van der Waals surface area (Å²) in [7, 11) is 1.47. The highest BCUT2D eigenvalue weighted by molar-refractivity contribution is 5.85. The molecule has 0 aliphatic heterocycles. The second kappa shape index (κ2) is 9.36. The third-order valence-electron chi connectivity index (χ3n) is 5.45. The van der Waals surface area contributed by atoms with Crippen LogP contribution in [-0.4, -0.2) is 53.2 Å². The molecule has 9 nitrogen and oxygen atoms in total. The van der Waals surface area contributed by atoms with Gasteiger partial charge in [-0.05, 0) is 64.7 Å². The molecule has 1 heterocycles.